The van der Waals surface area contributed by atoms with Gasteiger partial charge in [-0.15, -0.1) is 6.58 Å². The van der Waals surface area contributed by atoms with Crippen LogP contribution in [0.15, 0.2) is 59.6 Å². The number of carbonyl (C=O) groups excluding carboxylic acids is 1. The molecule has 2 aromatic rings. The van der Waals surface area contributed by atoms with Gasteiger partial charge in [-0.1, -0.05) is 30.4 Å². The fourth-order valence-electron chi connectivity index (χ4n) is 3.40. The summed E-state index contributed by atoms with van der Waals surface area (Å²) in [6.45, 7) is 4.59. The van der Waals surface area contributed by atoms with Gasteiger partial charge < -0.3 is 4.57 Å². The molecule has 0 radical (unpaired) electrons. The molecule has 0 atom stereocenters. The number of allylic oxidation sites excluding steroid dienone is 4. The number of carbonyl (C=O) groups is 1. The molecule has 0 fully saturated rings. The number of ketones is 1. The van der Waals surface area contributed by atoms with Gasteiger partial charge in [0.25, 0.3) is 0 Å². The summed E-state index contributed by atoms with van der Waals surface area (Å²) in [5, 5.41) is 1.15. The zero-order valence-corrected chi connectivity index (χ0v) is 12.2. The van der Waals surface area contributed by atoms with Crippen LogP contribution in [0.25, 0.3) is 16.6 Å². The van der Waals surface area contributed by atoms with Crippen molar-refractivity contribution in [2.24, 2.45) is 4.99 Å². The van der Waals surface area contributed by atoms with Crippen LogP contribution < -0.4 is 0 Å². The normalized spacial score (nSPS) is 16.6. The molecule has 0 saturated carbocycles. The lowest BCUT2D eigenvalue weighted by Gasteiger charge is -2.18. The molecule has 4 rings (SSSR count). The quantitative estimate of drug-likeness (QED) is 0.776. The Morgan fingerprint density at radius 3 is 3.05 bits per heavy atom. The second-order valence-corrected chi connectivity index (χ2v) is 5.58. The molecule has 0 spiro atoms. The maximum atomic E-state index is 12.6. The Morgan fingerprint density at radius 1 is 1.32 bits per heavy atom. The molecule has 2 heterocycles. The van der Waals surface area contributed by atoms with Gasteiger partial charge >= 0.3 is 0 Å². The predicted octanol–water partition coefficient (Wildman–Crippen LogP) is 3.69. The van der Waals surface area contributed by atoms with E-state index in [1.54, 1.807) is 6.21 Å². The summed E-state index contributed by atoms with van der Waals surface area (Å²) in [4.78, 5) is 17.1. The summed E-state index contributed by atoms with van der Waals surface area (Å²) in [5.74, 6) is 0.188. The van der Waals surface area contributed by atoms with Crippen molar-refractivity contribution < 1.29 is 4.79 Å². The van der Waals surface area contributed by atoms with E-state index in [-0.39, 0.29) is 5.78 Å². The minimum atomic E-state index is 0.188. The smallest absolute Gasteiger partial charge is 0.165 e. The molecule has 0 saturated heterocycles. The molecule has 0 N–H and O–H groups in total. The summed E-state index contributed by atoms with van der Waals surface area (Å²) in [6, 6.07) is 8.24. The first-order chi connectivity index (χ1) is 10.8. The van der Waals surface area contributed by atoms with Gasteiger partial charge in [0.15, 0.2) is 5.78 Å². The van der Waals surface area contributed by atoms with Crippen LogP contribution in [0, 0.1) is 0 Å². The maximum absolute atomic E-state index is 12.6. The first-order valence-electron chi connectivity index (χ1n) is 7.48. The molecule has 0 bridgehead atoms. The molecule has 0 amide bonds. The fraction of sp³-hybridized carbons (Fsp3) is 0.158. The first kappa shape index (κ1) is 13.0. The van der Waals surface area contributed by atoms with Gasteiger partial charge in [-0.2, -0.15) is 0 Å². The van der Waals surface area contributed by atoms with Gasteiger partial charge in [0.2, 0.25) is 0 Å². The molecule has 1 aromatic carbocycles. The molecule has 22 heavy (non-hydrogen) atoms. The number of aliphatic imine (C=N–C) groups is 1. The first-order valence-corrected chi connectivity index (χ1v) is 7.48. The standard InChI is InChI=1S/C19H16N2O/c1-2-11-21-16-9-4-3-7-13(16)15-12-17(22)14-8-5-6-10-20-18(14)19(15)21/h2-7,9-10H,1,8,11-12H2. The number of rotatable bonds is 2. The van der Waals surface area contributed by atoms with Crippen molar-refractivity contribution in [1.82, 2.24) is 4.57 Å². The van der Waals surface area contributed by atoms with E-state index in [0.29, 0.717) is 19.4 Å². The second kappa shape index (κ2) is 4.95. The second-order valence-electron chi connectivity index (χ2n) is 5.58. The summed E-state index contributed by atoms with van der Waals surface area (Å²) in [6.07, 6.45) is 8.69. The summed E-state index contributed by atoms with van der Waals surface area (Å²) >= 11 is 0. The van der Waals surface area contributed by atoms with Crippen LogP contribution in [0.4, 0.5) is 0 Å². The van der Waals surface area contributed by atoms with Gasteiger partial charge in [0.05, 0.1) is 11.4 Å². The van der Waals surface area contributed by atoms with Crippen LogP contribution in [0.3, 0.4) is 0 Å². The van der Waals surface area contributed by atoms with Crippen molar-refractivity contribution in [3.8, 4) is 0 Å². The molecule has 108 valence electrons. The Kier molecular flexibility index (Phi) is 2.93. The summed E-state index contributed by atoms with van der Waals surface area (Å²) in [5.41, 5.74) is 4.97. The Morgan fingerprint density at radius 2 is 2.18 bits per heavy atom. The average molecular weight is 288 g/mol. The third kappa shape index (κ3) is 1.75. The van der Waals surface area contributed by atoms with Gasteiger partial charge in [-0.25, -0.2) is 0 Å². The van der Waals surface area contributed by atoms with Gasteiger partial charge in [0.1, 0.15) is 0 Å². The van der Waals surface area contributed by atoms with Crippen LogP contribution >= 0.6 is 0 Å². The number of Topliss-reactive ketones (excluding diaryl/α,β-unsaturated/α-hetero) is 1. The largest absolute Gasteiger partial charge is 0.335 e. The van der Waals surface area contributed by atoms with Crippen molar-refractivity contribution in [3.63, 3.8) is 0 Å². The lowest BCUT2D eigenvalue weighted by atomic mass is 9.90. The van der Waals surface area contributed by atoms with Crippen LogP contribution in [-0.4, -0.2) is 16.6 Å². The highest BCUT2D eigenvalue weighted by molar-refractivity contribution is 6.11. The van der Waals surface area contributed by atoms with Crippen LogP contribution in [0.2, 0.25) is 0 Å². The molecule has 1 aromatic heterocycles. The number of para-hydroxylation sites is 1. The van der Waals surface area contributed by atoms with Crippen molar-refractivity contribution in [1.29, 1.82) is 0 Å². The van der Waals surface area contributed by atoms with Gasteiger partial charge in [-0.3, -0.25) is 9.79 Å². The molecular formula is C19H16N2O. The maximum Gasteiger partial charge on any atom is 0.165 e. The number of hydrogen-bond donors (Lipinski definition) is 0. The van der Waals surface area contributed by atoms with Crippen molar-refractivity contribution >= 4 is 28.6 Å². The highest BCUT2D eigenvalue weighted by atomic mass is 16.1. The average Bonchev–Trinajstić information content (AvgIpc) is 2.70. The van der Waals surface area contributed by atoms with Crippen LogP contribution in [0.5, 0.6) is 0 Å². The SMILES string of the molecule is C=CCn1c2c(c3ccccc31)CC(=O)C1=C2N=CC=CC1. The molecule has 3 heteroatoms. The lowest BCUT2D eigenvalue weighted by Crippen LogP contribution is -2.16. The van der Waals surface area contributed by atoms with E-state index in [1.807, 2.05) is 30.4 Å². The van der Waals surface area contributed by atoms with E-state index in [0.717, 1.165) is 33.4 Å². The Hall–Kier alpha value is -2.68. The summed E-state index contributed by atoms with van der Waals surface area (Å²) in [7, 11) is 0. The van der Waals surface area contributed by atoms with Crippen molar-refractivity contribution in [3.05, 3.63) is 65.9 Å². The van der Waals surface area contributed by atoms with Crippen molar-refractivity contribution in [2.75, 3.05) is 0 Å². The van der Waals surface area contributed by atoms with Crippen LogP contribution in [0.1, 0.15) is 17.7 Å². The highest BCUT2D eigenvalue weighted by Gasteiger charge is 2.30. The molecule has 3 nitrogen and oxygen atoms in total. The minimum Gasteiger partial charge on any atom is -0.335 e. The molecule has 1 aliphatic carbocycles. The van der Waals surface area contributed by atoms with E-state index in [9.17, 15) is 4.79 Å². The van der Waals surface area contributed by atoms with E-state index < -0.39 is 0 Å². The van der Waals surface area contributed by atoms with E-state index >= 15 is 0 Å². The summed E-state index contributed by atoms with van der Waals surface area (Å²) < 4.78 is 2.22. The molecular weight excluding hydrogens is 272 g/mol. The third-order valence-corrected chi connectivity index (χ3v) is 4.32. The monoisotopic (exact) mass is 288 g/mol. The zero-order valence-electron chi connectivity index (χ0n) is 12.2. The number of benzene rings is 1. The molecule has 2 aliphatic rings. The Bertz CT molecular complexity index is 879. The molecule has 1 aliphatic heterocycles. The number of hydrogen-bond acceptors (Lipinski definition) is 2. The minimum absolute atomic E-state index is 0.188. The van der Waals surface area contributed by atoms with Gasteiger partial charge in [-0.05, 0) is 24.1 Å². The Balaban J connectivity index is 2.10. The Labute approximate surface area is 129 Å². The third-order valence-electron chi connectivity index (χ3n) is 4.32. The highest BCUT2D eigenvalue weighted by Crippen LogP contribution is 2.39. The van der Waals surface area contributed by atoms with Gasteiger partial charge in [0, 0.05) is 35.7 Å². The van der Waals surface area contributed by atoms with Crippen LogP contribution in [-0.2, 0) is 17.8 Å². The fourth-order valence-corrected chi connectivity index (χ4v) is 3.40. The van der Waals surface area contributed by atoms with Crippen molar-refractivity contribution in [2.45, 2.75) is 19.4 Å². The van der Waals surface area contributed by atoms with E-state index in [1.165, 1.54) is 0 Å². The van der Waals surface area contributed by atoms with E-state index in [2.05, 4.69) is 28.3 Å². The number of nitrogens with zero attached hydrogens (tertiary/aromatic N) is 2. The molecule has 0 unspecified atom stereocenters. The topological polar surface area (TPSA) is 34.4 Å². The predicted molar refractivity (Wildman–Crippen MR) is 90.0 cm³/mol. The lowest BCUT2D eigenvalue weighted by molar-refractivity contribution is -0.115. The number of fused-ring (bicyclic) bond motifs is 4. The number of aromatic nitrogens is 1. The van der Waals surface area contributed by atoms with E-state index in [4.69, 9.17) is 0 Å². The zero-order chi connectivity index (χ0) is 15.1.